The van der Waals surface area contributed by atoms with Crippen molar-refractivity contribution in [1.29, 1.82) is 0 Å². The second kappa shape index (κ2) is 17.0. The predicted octanol–water partition coefficient (Wildman–Crippen LogP) is 3.59. The Kier molecular flexibility index (Phi) is 13.3. The number of ether oxygens (including phenoxy) is 1. The third-order valence-corrected chi connectivity index (χ3v) is 10.6. The number of carbonyl (C=O) groups is 2. The van der Waals surface area contributed by atoms with Gasteiger partial charge in [-0.1, -0.05) is 24.3 Å². The van der Waals surface area contributed by atoms with Gasteiger partial charge in [-0.2, -0.15) is 21.4 Å². The highest BCUT2D eigenvalue weighted by Gasteiger charge is 2.27. The molecule has 1 heterocycles. The predicted molar refractivity (Wildman–Crippen MR) is 196 cm³/mol. The maximum absolute atomic E-state index is 14.0. The summed E-state index contributed by atoms with van der Waals surface area (Å²) in [5.74, 6) is -1.21. The largest absolute Gasteiger partial charge is 0.422 e. The van der Waals surface area contributed by atoms with E-state index in [0.29, 0.717) is 99.9 Å². The van der Waals surface area contributed by atoms with E-state index in [-0.39, 0.29) is 18.1 Å². The molecule has 4 rings (SSSR count). The summed E-state index contributed by atoms with van der Waals surface area (Å²) in [5.41, 5.74) is 9.08. The second-order valence-electron chi connectivity index (χ2n) is 13.2. The molecule has 51 heavy (non-hydrogen) atoms. The first-order valence-electron chi connectivity index (χ1n) is 16.9. The third kappa shape index (κ3) is 11.0. The normalized spacial score (nSPS) is 13.3. The number of hydrogen-bond acceptors (Lipinski definition) is 8. The number of carbonyl (C=O) groups excluding carboxylic acids is 2. The summed E-state index contributed by atoms with van der Waals surface area (Å²) >= 11 is 0. The van der Waals surface area contributed by atoms with Gasteiger partial charge >= 0.3 is 5.97 Å². The Morgan fingerprint density at radius 2 is 1.31 bits per heavy atom. The highest BCUT2D eigenvalue weighted by molar-refractivity contribution is 7.86. The first-order valence-corrected chi connectivity index (χ1v) is 20.1. The zero-order valence-electron chi connectivity index (χ0n) is 29.3. The minimum Gasteiger partial charge on any atom is -0.422 e. The number of nitrogens with one attached hydrogen (secondary N) is 1. The van der Waals surface area contributed by atoms with Crippen molar-refractivity contribution in [3.8, 4) is 5.75 Å². The van der Waals surface area contributed by atoms with Crippen LogP contribution in [0.4, 0.5) is 0 Å². The first-order chi connectivity index (χ1) is 24.0. The quantitative estimate of drug-likeness (QED) is 0.0223. The third-order valence-electron chi connectivity index (χ3n) is 9.00. The van der Waals surface area contributed by atoms with Crippen molar-refractivity contribution < 1.29 is 49.3 Å². The molecule has 0 saturated carbocycles. The van der Waals surface area contributed by atoms with Crippen molar-refractivity contribution in [2.45, 2.75) is 46.1 Å². The number of nitrogens with two attached hydrogens (primary N) is 1. The zero-order valence-corrected chi connectivity index (χ0v) is 30.9. The Bertz CT molecular complexity index is 2040. The number of para-hydroxylation sites is 2. The van der Waals surface area contributed by atoms with E-state index in [9.17, 15) is 31.0 Å². The maximum Gasteiger partial charge on any atom is 0.345 e. The van der Waals surface area contributed by atoms with E-state index in [0.717, 1.165) is 13.0 Å². The van der Waals surface area contributed by atoms with Crippen LogP contribution in [0.1, 0.15) is 57.5 Å². The number of quaternary nitrogens is 1. The lowest BCUT2D eigenvalue weighted by atomic mass is 10.0. The number of pyridine rings is 1. The molecule has 5 N–H and O–H groups in total. The molecule has 0 radical (unpaired) electrons. The lowest BCUT2D eigenvalue weighted by Gasteiger charge is -2.34. The number of benzene rings is 3. The minimum atomic E-state index is -4.13. The van der Waals surface area contributed by atoms with Gasteiger partial charge in [-0.15, -0.1) is 0 Å². The van der Waals surface area contributed by atoms with Gasteiger partial charge in [0, 0.05) is 49.9 Å². The number of fused-ring (bicyclic) bond motifs is 2. The minimum absolute atomic E-state index is 0.173. The molecular weight excluding hydrogens is 697 g/mol. The van der Waals surface area contributed by atoms with Crippen molar-refractivity contribution in [2.24, 2.45) is 5.73 Å². The van der Waals surface area contributed by atoms with Gasteiger partial charge in [0.1, 0.15) is 5.75 Å². The van der Waals surface area contributed by atoms with Gasteiger partial charge in [-0.3, -0.25) is 13.9 Å². The average Bonchev–Trinajstić information content (AvgIpc) is 3.05. The van der Waals surface area contributed by atoms with Gasteiger partial charge in [0.15, 0.2) is 6.54 Å². The highest BCUT2D eigenvalue weighted by atomic mass is 32.2. The van der Waals surface area contributed by atoms with Crippen molar-refractivity contribution >= 4 is 53.9 Å². The number of aromatic nitrogens is 1. The molecule has 1 aromatic heterocycles. The molecule has 0 spiro atoms. The molecule has 276 valence electrons. The molecule has 13 nitrogen and oxygen atoms in total. The average molecular weight is 745 g/mol. The summed E-state index contributed by atoms with van der Waals surface area (Å²) in [5, 5.41) is 4.19. The molecule has 4 aromatic rings. The standard InChI is InChI=1S/C36H46N4O9S2/c1-26-24-28(35(41)38-17-9-20-40(3,19-8-16-37)21-11-23-51(46,47)48)25-27(2)34(26)49-36(42)33-29-12-4-6-14-31(29)39(18-10-22-50(43,44)45)32-15-7-5-13-30(32)33/h4-7,12-15,24-25H,8-11,16-23,37H2,1-3H3,(H-2,38,41,43,44,45,46,47,48)/p+2. The summed E-state index contributed by atoms with van der Waals surface area (Å²) in [6.45, 7) is 6.72. The smallest absolute Gasteiger partial charge is 0.345 e. The lowest BCUT2D eigenvalue weighted by Crippen LogP contribution is -2.48. The molecule has 1 unspecified atom stereocenters. The first kappa shape index (κ1) is 39.8. The summed E-state index contributed by atoms with van der Waals surface area (Å²) in [4.78, 5) is 27.1. The molecule has 0 aliphatic rings. The van der Waals surface area contributed by atoms with Crippen LogP contribution in [0.2, 0.25) is 0 Å². The van der Waals surface area contributed by atoms with Crippen molar-refractivity contribution in [3.05, 3.63) is 82.9 Å². The van der Waals surface area contributed by atoms with Crippen molar-refractivity contribution in [1.82, 2.24) is 5.32 Å². The molecule has 15 heteroatoms. The lowest BCUT2D eigenvalue weighted by molar-refractivity contribution is -0.909. The molecule has 0 fully saturated rings. The zero-order chi connectivity index (χ0) is 37.4. The van der Waals surface area contributed by atoms with Crippen LogP contribution in [0.25, 0.3) is 21.8 Å². The van der Waals surface area contributed by atoms with Gasteiger partial charge in [0.2, 0.25) is 11.0 Å². The van der Waals surface area contributed by atoms with Crippen LogP contribution in [0.3, 0.4) is 0 Å². The molecule has 1 atom stereocenters. The van der Waals surface area contributed by atoms with Crippen LogP contribution in [0.5, 0.6) is 5.75 Å². The van der Waals surface area contributed by atoms with Gasteiger partial charge in [0.25, 0.3) is 26.1 Å². The Hall–Kier alpha value is -3.99. The maximum atomic E-state index is 14.0. The molecule has 0 saturated heterocycles. The Morgan fingerprint density at radius 3 is 1.86 bits per heavy atom. The van der Waals surface area contributed by atoms with Gasteiger partial charge < -0.3 is 20.3 Å². The van der Waals surface area contributed by atoms with Crippen LogP contribution in [-0.2, 0) is 26.8 Å². The number of aryl methyl sites for hydroxylation is 3. The van der Waals surface area contributed by atoms with E-state index in [4.69, 9.17) is 15.0 Å². The highest BCUT2D eigenvalue weighted by Crippen LogP contribution is 2.30. The van der Waals surface area contributed by atoms with Crippen LogP contribution in [0, 0.1) is 13.8 Å². The second-order valence-corrected chi connectivity index (χ2v) is 16.4. The van der Waals surface area contributed by atoms with E-state index in [1.54, 1.807) is 26.0 Å². The van der Waals surface area contributed by atoms with E-state index < -0.39 is 32.0 Å². The summed E-state index contributed by atoms with van der Waals surface area (Å²) in [6, 6.07) is 17.9. The van der Waals surface area contributed by atoms with Gasteiger partial charge in [-0.25, -0.2) is 4.79 Å². The number of amides is 1. The fourth-order valence-electron chi connectivity index (χ4n) is 6.57. The van der Waals surface area contributed by atoms with Gasteiger partial charge in [0.05, 0.1) is 54.5 Å². The Balaban J connectivity index is 1.49. The summed E-state index contributed by atoms with van der Waals surface area (Å²) in [6.07, 6.45) is 1.90. The number of hydrogen-bond donors (Lipinski definition) is 4. The van der Waals surface area contributed by atoms with Crippen LogP contribution >= 0.6 is 0 Å². The number of esters is 1. The molecular formula is C36H48N4O9S2+2. The Morgan fingerprint density at radius 1 is 0.804 bits per heavy atom. The monoisotopic (exact) mass is 744 g/mol. The van der Waals surface area contributed by atoms with E-state index in [1.807, 2.05) is 60.1 Å². The van der Waals surface area contributed by atoms with Crippen molar-refractivity contribution in [3.63, 3.8) is 0 Å². The van der Waals surface area contributed by atoms with E-state index >= 15 is 0 Å². The van der Waals surface area contributed by atoms with Crippen LogP contribution in [0.15, 0.2) is 60.7 Å². The number of nitrogens with zero attached hydrogens (tertiary/aromatic N) is 2. The molecule has 3 aromatic carbocycles. The van der Waals surface area contributed by atoms with Crippen molar-refractivity contribution in [2.75, 3.05) is 51.3 Å². The topological polar surface area (TPSA) is 194 Å². The van der Waals surface area contributed by atoms with Gasteiger partial charge in [-0.05, 0) is 55.8 Å². The molecule has 0 bridgehead atoms. The van der Waals surface area contributed by atoms with E-state index in [1.165, 1.54) is 0 Å². The molecule has 0 aliphatic carbocycles. The summed E-state index contributed by atoms with van der Waals surface area (Å²) < 4.78 is 72.1. The molecule has 0 aliphatic heterocycles. The van der Waals surface area contributed by atoms with Crippen LogP contribution in [-0.4, -0.2) is 93.6 Å². The SMILES string of the molecule is Cc1cc(C(=O)NCCC[N+](C)(CCCN)CCCS(=O)(=O)O)cc(C)c1OC(=O)c1c2ccccc2[n+](CCCS(=O)(=O)O)c2ccccc12. The molecule has 1 amide bonds. The van der Waals surface area contributed by atoms with Crippen LogP contribution < -0.4 is 20.4 Å². The fraction of sp³-hybridized carbons (Fsp3) is 0.417. The fourth-order valence-corrected chi connectivity index (χ4v) is 7.56. The summed E-state index contributed by atoms with van der Waals surface area (Å²) in [7, 11) is -6.15. The number of rotatable bonds is 18. The van der Waals surface area contributed by atoms with E-state index in [2.05, 4.69) is 5.32 Å². The Labute approximate surface area is 299 Å².